The molecule has 0 radical (unpaired) electrons. The van der Waals surface area contributed by atoms with Crippen molar-refractivity contribution in [3.8, 4) is 0 Å². The van der Waals surface area contributed by atoms with Gasteiger partial charge in [-0.15, -0.1) is 0 Å². The number of carbonyl (C=O) groups excluding carboxylic acids is 1. The maximum Gasteiger partial charge on any atom is 0.225 e. The summed E-state index contributed by atoms with van der Waals surface area (Å²) in [6.45, 7) is 2.94. The van der Waals surface area contributed by atoms with Crippen LogP contribution in [0.1, 0.15) is 18.1 Å². The fraction of sp³-hybridized carbons (Fsp3) is 0.462. The summed E-state index contributed by atoms with van der Waals surface area (Å²) in [5.41, 5.74) is 0.975. The zero-order chi connectivity index (χ0) is 13.8. The largest absolute Gasteiger partial charge is 0.394 e. The standard InChI is InChI=1S/C13H18BrNO3/c1-9-5-11(14)4-3-10(9)6-12(18)15-13(2,7-16)8-17/h3-5,16-17H,6-8H2,1-2H3,(H,15,18). The van der Waals surface area contributed by atoms with Crippen LogP contribution in [0.5, 0.6) is 0 Å². The van der Waals surface area contributed by atoms with Gasteiger partial charge in [-0.05, 0) is 37.1 Å². The molecule has 1 aromatic carbocycles. The summed E-state index contributed by atoms with van der Waals surface area (Å²) >= 11 is 3.37. The SMILES string of the molecule is Cc1cc(Br)ccc1CC(=O)NC(C)(CO)CO. The van der Waals surface area contributed by atoms with E-state index in [1.54, 1.807) is 6.92 Å². The minimum atomic E-state index is -0.972. The van der Waals surface area contributed by atoms with Gasteiger partial charge in [0.15, 0.2) is 0 Å². The van der Waals surface area contributed by atoms with Crippen molar-refractivity contribution in [2.24, 2.45) is 0 Å². The number of carbonyl (C=O) groups is 1. The minimum absolute atomic E-state index is 0.217. The van der Waals surface area contributed by atoms with Crippen molar-refractivity contribution >= 4 is 21.8 Å². The van der Waals surface area contributed by atoms with Crippen LogP contribution in [0.2, 0.25) is 0 Å². The van der Waals surface area contributed by atoms with Gasteiger partial charge in [-0.25, -0.2) is 0 Å². The average Bonchev–Trinajstić information content (AvgIpc) is 2.32. The predicted octanol–water partition coefficient (Wildman–Crippen LogP) is 1.16. The molecule has 18 heavy (non-hydrogen) atoms. The number of nitrogens with one attached hydrogen (secondary N) is 1. The third-order valence-corrected chi connectivity index (χ3v) is 3.29. The van der Waals surface area contributed by atoms with Gasteiger partial charge in [0.2, 0.25) is 5.91 Å². The Morgan fingerprint density at radius 3 is 2.50 bits per heavy atom. The molecule has 0 fully saturated rings. The van der Waals surface area contributed by atoms with Gasteiger partial charge < -0.3 is 15.5 Å². The van der Waals surface area contributed by atoms with Crippen molar-refractivity contribution in [3.63, 3.8) is 0 Å². The molecule has 3 N–H and O–H groups in total. The van der Waals surface area contributed by atoms with Crippen molar-refractivity contribution in [1.82, 2.24) is 5.32 Å². The first-order valence-electron chi connectivity index (χ1n) is 5.68. The monoisotopic (exact) mass is 315 g/mol. The van der Waals surface area contributed by atoms with Gasteiger partial charge in [-0.2, -0.15) is 0 Å². The van der Waals surface area contributed by atoms with Crippen LogP contribution >= 0.6 is 15.9 Å². The van der Waals surface area contributed by atoms with Gasteiger partial charge in [-0.1, -0.05) is 22.0 Å². The molecule has 0 aromatic heterocycles. The van der Waals surface area contributed by atoms with E-state index in [0.717, 1.165) is 15.6 Å². The molecule has 5 heteroatoms. The molecule has 100 valence electrons. The molecule has 0 heterocycles. The highest BCUT2D eigenvalue weighted by Crippen LogP contribution is 2.16. The summed E-state index contributed by atoms with van der Waals surface area (Å²) in [6, 6.07) is 5.71. The summed E-state index contributed by atoms with van der Waals surface area (Å²) < 4.78 is 0.972. The van der Waals surface area contributed by atoms with Crippen LogP contribution in [-0.2, 0) is 11.2 Å². The number of aliphatic hydroxyl groups excluding tert-OH is 2. The summed E-state index contributed by atoms with van der Waals surface area (Å²) in [7, 11) is 0. The molecule has 1 rings (SSSR count). The fourth-order valence-electron chi connectivity index (χ4n) is 1.54. The van der Waals surface area contributed by atoms with Gasteiger partial charge in [0, 0.05) is 4.47 Å². The van der Waals surface area contributed by atoms with E-state index < -0.39 is 5.54 Å². The highest BCUT2D eigenvalue weighted by Gasteiger charge is 2.24. The molecule has 0 aliphatic rings. The number of hydrogen-bond donors (Lipinski definition) is 3. The highest BCUT2D eigenvalue weighted by atomic mass is 79.9. The lowest BCUT2D eigenvalue weighted by molar-refractivity contribution is -0.123. The summed E-state index contributed by atoms with van der Waals surface area (Å²) in [5, 5.41) is 20.9. The zero-order valence-electron chi connectivity index (χ0n) is 10.5. The molecule has 1 aromatic rings. The Kier molecular flexibility index (Phi) is 5.31. The Balaban J connectivity index is 2.70. The van der Waals surface area contributed by atoms with E-state index in [-0.39, 0.29) is 25.5 Å². The first kappa shape index (κ1) is 15.1. The van der Waals surface area contributed by atoms with Crippen LogP contribution in [0, 0.1) is 6.92 Å². The minimum Gasteiger partial charge on any atom is -0.394 e. The van der Waals surface area contributed by atoms with Crippen LogP contribution in [0.3, 0.4) is 0 Å². The first-order valence-corrected chi connectivity index (χ1v) is 6.47. The van der Waals surface area contributed by atoms with Gasteiger partial charge in [0.05, 0.1) is 25.2 Å². The first-order chi connectivity index (χ1) is 8.40. The van der Waals surface area contributed by atoms with E-state index in [4.69, 9.17) is 10.2 Å². The molecule has 0 spiro atoms. The Bertz CT molecular complexity index is 430. The fourth-order valence-corrected chi connectivity index (χ4v) is 2.02. The Labute approximate surface area is 115 Å². The van der Waals surface area contributed by atoms with E-state index in [1.165, 1.54) is 0 Å². The molecule has 0 atom stereocenters. The van der Waals surface area contributed by atoms with Gasteiger partial charge >= 0.3 is 0 Å². The van der Waals surface area contributed by atoms with Crippen molar-refractivity contribution in [2.75, 3.05) is 13.2 Å². The van der Waals surface area contributed by atoms with Crippen molar-refractivity contribution in [2.45, 2.75) is 25.8 Å². The van der Waals surface area contributed by atoms with Crippen molar-refractivity contribution < 1.29 is 15.0 Å². The zero-order valence-corrected chi connectivity index (χ0v) is 12.1. The number of aryl methyl sites for hydroxylation is 1. The molecule has 1 amide bonds. The van der Waals surface area contributed by atoms with E-state index in [2.05, 4.69) is 21.2 Å². The lowest BCUT2D eigenvalue weighted by Gasteiger charge is -2.26. The maximum absolute atomic E-state index is 11.8. The molecular formula is C13H18BrNO3. The van der Waals surface area contributed by atoms with Gasteiger partial charge in [-0.3, -0.25) is 4.79 Å². The normalized spacial score (nSPS) is 11.4. The summed E-state index contributed by atoms with van der Waals surface area (Å²) in [5.74, 6) is -0.217. The molecule has 0 bridgehead atoms. The van der Waals surface area contributed by atoms with Gasteiger partial charge in [0.25, 0.3) is 0 Å². The second kappa shape index (κ2) is 6.31. The Morgan fingerprint density at radius 2 is 2.00 bits per heavy atom. The lowest BCUT2D eigenvalue weighted by Crippen LogP contribution is -2.52. The van der Waals surface area contributed by atoms with Crippen LogP contribution in [0.25, 0.3) is 0 Å². The molecule has 4 nitrogen and oxygen atoms in total. The topological polar surface area (TPSA) is 69.6 Å². The molecule has 0 aliphatic carbocycles. The second-order valence-corrected chi connectivity index (χ2v) is 5.59. The predicted molar refractivity (Wildman–Crippen MR) is 73.3 cm³/mol. The maximum atomic E-state index is 11.8. The van der Waals surface area contributed by atoms with Crippen LogP contribution < -0.4 is 5.32 Å². The van der Waals surface area contributed by atoms with Crippen LogP contribution in [-0.4, -0.2) is 34.9 Å². The second-order valence-electron chi connectivity index (χ2n) is 4.67. The van der Waals surface area contributed by atoms with Crippen LogP contribution in [0.4, 0.5) is 0 Å². The number of halogens is 1. The molecular weight excluding hydrogens is 298 g/mol. The summed E-state index contributed by atoms with van der Waals surface area (Å²) in [4.78, 5) is 11.8. The number of rotatable bonds is 5. The molecule has 0 aliphatic heterocycles. The quantitative estimate of drug-likeness (QED) is 0.763. The Hall–Kier alpha value is -0.910. The third-order valence-electron chi connectivity index (χ3n) is 2.79. The van der Waals surface area contributed by atoms with E-state index >= 15 is 0 Å². The van der Waals surface area contributed by atoms with Crippen molar-refractivity contribution in [1.29, 1.82) is 0 Å². The number of hydrogen-bond acceptors (Lipinski definition) is 3. The van der Waals surface area contributed by atoms with E-state index in [9.17, 15) is 4.79 Å². The lowest BCUT2D eigenvalue weighted by atomic mass is 10.0. The smallest absolute Gasteiger partial charge is 0.225 e. The average molecular weight is 316 g/mol. The van der Waals surface area contributed by atoms with Gasteiger partial charge in [0.1, 0.15) is 0 Å². The van der Waals surface area contributed by atoms with E-state index in [1.807, 2.05) is 25.1 Å². The number of amides is 1. The van der Waals surface area contributed by atoms with Crippen molar-refractivity contribution in [3.05, 3.63) is 33.8 Å². The molecule has 0 saturated carbocycles. The highest BCUT2D eigenvalue weighted by molar-refractivity contribution is 9.10. The Morgan fingerprint density at radius 1 is 1.39 bits per heavy atom. The molecule has 0 saturated heterocycles. The number of benzene rings is 1. The van der Waals surface area contributed by atoms with Crippen LogP contribution in [0.15, 0.2) is 22.7 Å². The molecule has 0 unspecified atom stereocenters. The third kappa shape index (κ3) is 4.08. The number of aliphatic hydroxyl groups is 2. The van der Waals surface area contributed by atoms with E-state index in [0.29, 0.717) is 0 Å². The summed E-state index contributed by atoms with van der Waals surface area (Å²) in [6.07, 6.45) is 0.231.